The van der Waals surface area contributed by atoms with E-state index in [1.807, 2.05) is 0 Å². The predicted octanol–water partition coefficient (Wildman–Crippen LogP) is 1.59. The number of amides is 1. The number of nitrogens with one attached hydrogen (secondary N) is 1. The molecular weight excluding hydrogens is 222 g/mol. The summed E-state index contributed by atoms with van der Waals surface area (Å²) in [7, 11) is 0. The molecule has 0 aliphatic carbocycles. The first kappa shape index (κ1) is 13.0. The number of carbonyl (C=O) groups is 2. The molecule has 1 aromatic carbocycles. The number of aryl methyl sites for hydroxylation is 1. The number of anilines is 1. The molecule has 0 saturated heterocycles. The first-order valence-electron chi connectivity index (χ1n) is 5.28. The largest absolute Gasteiger partial charge is 0.508 e. The van der Waals surface area contributed by atoms with Crippen molar-refractivity contribution in [2.45, 2.75) is 20.3 Å². The Labute approximate surface area is 99.4 Å². The Morgan fingerprint density at radius 2 is 2.12 bits per heavy atom. The Balaban J connectivity index is 2.59. The number of aromatic hydroxyl groups is 1. The van der Waals surface area contributed by atoms with E-state index in [0.29, 0.717) is 5.69 Å². The van der Waals surface area contributed by atoms with Gasteiger partial charge in [-0.1, -0.05) is 0 Å². The lowest BCUT2D eigenvalue weighted by Gasteiger charge is -2.08. The summed E-state index contributed by atoms with van der Waals surface area (Å²) in [6.07, 6.45) is -0.311. The van der Waals surface area contributed by atoms with Crippen molar-refractivity contribution in [3.8, 4) is 5.75 Å². The van der Waals surface area contributed by atoms with Crippen LogP contribution in [0.5, 0.6) is 5.75 Å². The minimum Gasteiger partial charge on any atom is -0.508 e. The second-order valence-corrected chi connectivity index (χ2v) is 3.53. The third kappa shape index (κ3) is 4.14. The van der Waals surface area contributed by atoms with Crippen molar-refractivity contribution in [1.82, 2.24) is 0 Å². The van der Waals surface area contributed by atoms with Crippen LogP contribution in [0, 0.1) is 6.92 Å². The number of phenols is 1. The van der Waals surface area contributed by atoms with Crippen molar-refractivity contribution in [3.63, 3.8) is 0 Å². The molecule has 1 amide bonds. The lowest BCUT2D eigenvalue weighted by atomic mass is 10.2. The fraction of sp³-hybridized carbons (Fsp3) is 0.333. The van der Waals surface area contributed by atoms with Crippen LogP contribution in [0.2, 0.25) is 0 Å². The molecule has 0 atom stereocenters. The van der Waals surface area contributed by atoms with Gasteiger partial charge in [0, 0.05) is 5.69 Å². The molecule has 5 heteroatoms. The number of esters is 1. The molecule has 1 rings (SSSR count). The van der Waals surface area contributed by atoms with Gasteiger partial charge in [-0.15, -0.1) is 0 Å². The molecule has 1 aromatic rings. The number of ether oxygens (including phenoxy) is 1. The maximum atomic E-state index is 11.5. The van der Waals surface area contributed by atoms with Crippen LogP contribution in [0.3, 0.4) is 0 Å². The molecule has 0 aromatic heterocycles. The summed E-state index contributed by atoms with van der Waals surface area (Å²) in [5.41, 5.74) is 1.29. The van der Waals surface area contributed by atoms with Gasteiger partial charge < -0.3 is 15.2 Å². The summed E-state index contributed by atoms with van der Waals surface area (Å²) >= 11 is 0. The van der Waals surface area contributed by atoms with Crippen molar-refractivity contribution < 1.29 is 19.4 Å². The Bertz CT molecular complexity index is 429. The molecular formula is C12H15NO4. The maximum Gasteiger partial charge on any atom is 0.315 e. The molecule has 92 valence electrons. The number of phenolic OH excluding ortho intramolecular Hbond substituents is 1. The van der Waals surface area contributed by atoms with Gasteiger partial charge in [0.05, 0.1) is 6.61 Å². The number of hydrogen-bond acceptors (Lipinski definition) is 4. The van der Waals surface area contributed by atoms with Gasteiger partial charge in [-0.05, 0) is 37.6 Å². The third-order valence-corrected chi connectivity index (χ3v) is 2.09. The van der Waals surface area contributed by atoms with Crippen LogP contribution >= 0.6 is 0 Å². The van der Waals surface area contributed by atoms with E-state index in [4.69, 9.17) is 0 Å². The van der Waals surface area contributed by atoms with Crippen LogP contribution in [0.1, 0.15) is 18.9 Å². The highest BCUT2D eigenvalue weighted by Crippen LogP contribution is 2.20. The molecule has 0 spiro atoms. The zero-order valence-corrected chi connectivity index (χ0v) is 9.82. The zero-order chi connectivity index (χ0) is 12.8. The Kier molecular flexibility index (Phi) is 4.51. The van der Waals surface area contributed by atoms with E-state index in [1.54, 1.807) is 19.9 Å². The molecule has 17 heavy (non-hydrogen) atoms. The SMILES string of the molecule is CCOC(=O)CC(=O)Nc1ccc(O)cc1C. The van der Waals surface area contributed by atoms with Crippen molar-refractivity contribution in [3.05, 3.63) is 23.8 Å². The smallest absolute Gasteiger partial charge is 0.315 e. The van der Waals surface area contributed by atoms with Crippen molar-refractivity contribution in [2.24, 2.45) is 0 Å². The molecule has 0 heterocycles. The summed E-state index contributed by atoms with van der Waals surface area (Å²) in [6, 6.07) is 4.57. The molecule has 2 N–H and O–H groups in total. The number of rotatable bonds is 4. The van der Waals surface area contributed by atoms with Gasteiger partial charge in [0.2, 0.25) is 5.91 Å². The molecule has 0 unspecified atom stereocenters. The second-order valence-electron chi connectivity index (χ2n) is 3.53. The standard InChI is InChI=1S/C12H15NO4/c1-3-17-12(16)7-11(15)13-10-5-4-9(14)6-8(10)2/h4-6,14H,3,7H2,1-2H3,(H,13,15). The Hall–Kier alpha value is -2.04. The summed E-state index contributed by atoms with van der Waals surface area (Å²) in [4.78, 5) is 22.5. The Morgan fingerprint density at radius 1 is 1.41 bits per heavy atom. The molecule has 0 aliphatic heterocycles. The summed E-state index contributed by atoms with van der Waals surface area (Å²) in [5, 5.41) is 11.8. The lowest BCUT2D eigenvalue weighted by Crippen LogP contribution is -2.18. The molecule has 5 nitrogen and oxygen atoms in total. The van der Waals surface area contributed by atoms with Gasteiger partial charge in [0.25, 0.3) is 0 Å². The molecule has 0 saturated carbocycles. The van der Waals surface area contributed by atoms with Crippen LogP contribution in [0.15, 0.2) is 18.2 Å². The average Bonchev–Trinajstić information content (AvgIpc) is 2.22. The van der Waals surface area contributed by atoms with Crippen molar-refractivity contribution in [1.29, 1.82) is 0 Å². The van der Waals surface area contributed by atoms with E-state index in [2.05, 4.69) is 10.1 Å². The van der Waals surface area contributed by atoms with Gasteiger partial charge in [-0.3, -0.25) is 9.59 Å². The summed E-state index contributed by atoms with van der Waals surface area (Å²) in [5.74, 6) is -0.857. The van der Waals surface area contributed by atoms with Gasteiger partial charge in [0.1, 0.15) is 12.2 Å². The molecule has 0 bridgehead atoms. The van der Waals surface area contributed by atoms with Crippen LogP contribution in [0.25, 0.3) is 0 Å². The zero-order valence-electron chi connectivity index (χ0n) is 9.82. The van der Waals surface area contributed by atoms with E-state index >= 15 is 0 Å². The molecule has 0 fully saturated rings. The Morgan fingerprint density at radius 3 is 2.71 bits per heavy atom. The van der Waals surface area contributed by atoms with Crippen LogP contribution in [-0.4, -0.2) is 23.6 Å². The second kappa shape index (κ2) is 5.89. The summed E-state index contributed by atoms with van der Waals surface area (Å²) in [6.45, 7) is 3.68. The lowest BCUT2D eigenvalue weighted by molar-refractivity contribution is -0.145. The summed E-state index contributed by atoms with van der Waals surface area (Å²) < 4.78 is 4.66. The fourth-order valence-electron chi connectivity index (χ4n) is 1.33. The first-order chi connectivity index (χ1) is 8.02. The first-order valence-corrected chi connectivity index (χ1v) is 5.28. The number of hydrogen-bond donors (Lipinski definition) is 2. The average molecular weight is 237 g/mol. The van der Waals surface area contributed by atoms with E-state index in [1.165, 1.54) is 12.1 Å². The van der Waals surface area contributed by atoms with Gasteiger partial charge in [-0.25, -0.2) is 0 Å². The predicted molar refractivity (Wildman–Crippen MR) is 62.7 cm³/mol. The van der Waals surface area contributed by atoms with E-state index < -0.39 is 11.9 Å². The topological polar surface area (TPSA) is 75.6 Å². The van der Waals surface area contributed by atoms with Gasteiger partial charge >= 0.3 is 5.97 Å². The van der Waals surface area contributed by atoms with E-state index in [0.717, 1.165) is 5.56 Å². The quantitative estimate of drug-likeness (QED) is 0.473. The van der Waals surface area contributed by atoms with Gasteiger partial charge in [-0.2, -0.15) is 0 Å². The highest BCUT2D eigenvalue weighted by Gasteiger charge is 2.11. The third-order valence-electron chi connectivity index (χ3n) is 2.09. The fourth-order valence-corrected chi connectivity index (χ4v) is 1.33. The minimum atomic E-state index is -0.554. The van der Waals surface area contributed by atoms with E-state index in [-0.39, 0.29) is 18.8 Å². The van der Waals surface area contributed by atoms with Crippen LogP contribution < -0.4 is 5.32 Å². The van der Waals surface area contributed by atoms with Crippen LogP contribution in [0.4, 0.5) is 5.69 Å². The van der Waals surface area contributed by atoms with E-state index in [9.17, 15) is 14.7 Å². The minimum absolute atomic E-state index is 0.130. The normalized spacial score (nSPS) is 9.76. The molecule has 0 radical (unpaired) electrons. The number of carbonyl (C=O) groups excluding carboxylic acids is 2. The number of benzene rings is 1. The monoisotopic (exact) mass is 237 g/mol. The van der Waals surface area contributed by atoms with Crippen molar-refractivity contribution >= 4 is 17.6 Å². The van der Waals surface area contributed by atoms with Crippen LogP contribution in [-0.2, 0) is 14.3 Å². The molecule has 0 aliphatic rings. The highest BCUT2D eigenvalue weighted by molar-refractivity contribution is 6.02. The van der Waals surface area contributed by atoms with Crippen molar-refractivity contribution in [2.75, 3.05) is 11.9 Å². The highest BCUT2D eigenvalue weighted by atomic mass is 16.5. The van der Waals surface area contributed by atoms with Gasteiger partial charge in [0.15, 0.2) is 0 Å². The maximum absolute atomic E-state index is 11.5.